The molecule has 8 heavy (non-hydrogen) atoms. The van der Waals surface area contributed by atoms with Gasteiger partial charge in [-0.25, -0.2) is 0 Å². The summed E-state index contributed by atoms with van der Waals surface area (Å²) in [4.78, 5) is 0. The van der Waals surface area contributed by atoms with Crippen LogP contribution in [-0.2, 0) is 0 Å². The van der Waals surface area contributed by atoms with Gasteiger partial charge in [0.25, 0.3) is 0 Å². The monoisotopic (exact) mass is 114 g/mol. The van der Waals surface area contributed by atoms with Gasteiger partial charge in [-0.3, -0.25) is 0 Å². The Morgan fingerprint density at radius 1 is 1.38 bits per heavy atom. The third-order valence-corrected chi connectivity index (χ3v) is 1.86. The summed E-state index contributed by atoms with van der Waals surface area (Å²) in [5, 5.41) is 0. The lowest BCUT2D eigenvalue weighted by Gasteiger charge is -2.26. The highest BCUT2D eigenvalue weighted by molar-refractivity contribution is 4.94. The summed E-state index contributed by atoms with van der Waals surface area (Å²) < 4.78 is 0. The summed E-state index contributed by atoms with van der Waals surface area (Å²) in [5.41, 5.74) is 5.72. The van der Waals surface area contributed by atoms with Crippen LogP contribution in [0.2, 0.25) is 0 Å². The van der Waals surface area contributed by atoms with Crippen molar-refractivity contribution >= 4 is 0 Å². The van der Waals surface area contributed by atoms with Gasteiger partial charge in [0.1, 0.15) is 0 Å². The van der Waals surface area contributed by atoms with Gasteiger partial charge in [-0.05, 0) is 17.9 Å². The molecule has 0 aromatic rings. The van der Waals surface area contributed by atoms with Crippen LogP contribution < -0.4 is 5.73 Å². The Kier molecular flexibility index (Phi) is 2.48. The Bertz CT molecular complexity index is 64.8. The third kappa shape index (κ3) is 1.83. The molecule has 0 amide bonds. The van der Waals surface area contributed by atoms with Gasteiger partial charge < -0.3 is 5.73 Å². The van der Waals surface area contributed by atoms with Crippen molar-refractivity contribution in [2.24, 2.45) is 11.1 Å². The van der Waals surface area contributed by atoms with Crippen molar-refractivity contribution in [2.75, 3.05) is 6.54 Å². The van der Waals surface area contributed by atoms with Gasteiger partial charge in [-0.2, -0.15) is 0 Å². The third-order valence-electron chi connectivity index (χ3n) is 1.86. The van der Waals surface area contributed by atoms with Crippen LogP contribution in [0.25, 0.3) is 0 Å². The molecule has 1 heteroatoms. The Morgan fingerprint density at radius 3 is 1.75 bits per heavy atom. The predicted molar refractivity (Wildman–Crippen MR) is 37.4 cm³/mol. The van der Waals surface area contributed by atoms with E-state index in [-0.39, 0.29) is 5.41 Å². The second-order valence-corrected chi connectivity index (χ2v) is 3.09. The van der Waals surface area contributed by atoms with Crippen LogP contribution >= 0.6 is 0 Å². The summed E-state index contributed by atoms with van der Waals surface area (Å²) in [6.45, 7) is 9.29. The molecule has 0 saturated heterocycles. The lowest BCUT2D eigenvalue weighted by atomic mass is 9.81. The highest BCUT2D eigenvalue weighted by Gasteiger charge is 2.19. The molecule has 0 aliphatic heterocycles. The molecule has 0 saturated carbocycles. The number of hydrogen-bond acceptors (Lipinski definition) is 1. The molecule has 49 valence electrons. The van der Waals surface area contributed by atoms with Crippen LogP contribution in [0.15, 0.2) is 0 Å². The zero-order chi connectivity index (χ0) is 6.78. The van der Waals surface area contributed by atoms with Crippen LogP contribution in [0.1, 0.15) is 27.7 Å². The first kappa shape index (κ1) is 7.96. The zero-order valence-corrected chi connectivity index (χ0v) is 6.28. The molecule has 2 N–H and O–H groups in total. The average molecular weight is 114 g/mol. The van der Waals surface area contributed by atoms with Gasteiger partial charge >= 0.3 is 0 Å². The van der Waals surface area contributed by atoms with E-state index in [1.165, 1.54) is 5.92 Å². The summed E-state index contributed by atoms with van der Waals surface area (Å²) >= 11 is 0. The lowest BCUT2D eigenvalue weighted by Crippen LogP contribution is -2.27. The second-order valence-electron chi connectivity index (χ2n) is 3.09. The number of rotatable bonds is 2. The maximum absolute atomic E-state index is 5.49. The van der Waals surface area contributed by atoms with E-state index >= 15 is 0 Å². The van der Waals surface area contributed by atoms with E-state index in [4.69, 9.17) is 5.73 Å². The zero-order valence-electron chi connectivity index (χ0n) is 6.28. The quantitative estimate of drug-likeness (QED) is 0.579. The molecule has 0 spiro atoms. The van der Waals surface area contributed by atoms with Gasteiger partial charge in [0.2, 0.25) is 0 Å². The Labute approximate surface area is 52.3 Å². The fourth-order valence-corrected chi connectivity index (χ4v) is 0.204. The van der Waals surface area contributed by atoms with Crippen molar-refractivity contribution in [1.82, 2.24) is 0 Å². The van der Waals surface area contributed by atoms with E-state index in [2.05, 4.69) is 27.7 Å². The largest absolute Gasteiger partial charge is 0.330 e. The van der Waals surface area contributed by atoms with Crippen molar-refractivity contribution < 1.29 is 0 Å². The molecule has 0 bridgehead atoms. The lowest BCUT2D eigenvalue weighted by molar-refractivity contribution is 0.402. The molecular weight excluding hydrogens is 98.1 g/mol. The van der Waals surface area contributed by atoms with E-state index in [1.807, 2.05) is 0 Å². The Hall–Kier alpha value is -0.0400. The van der Waals surface area contributed by atoms with Gasteiger partial charge in [0.05, 0.1) is 0 Å². The van der Waals surface area contributed by atoms with E-state index < -0.39 is 0 Å². The maximum atomic E-state index is 5.49. The first-order valence-electron chi connectivity index (χ1n) is 3.01. The van der Waals surface area contributed by atoms with Crippen molar-refractivity contribution in [1.29, 1.82) is 0 Å². The second kappa shape index (κ2) is 2.49. The van der Waals surface area contributed by atoms with Crippen molar-refractivity contribution in [3.8, 4) is 0 Å². The SMILES string of the molecule is C[C](C)C(C)(C)CN. The highest BCUT2D eigenvalue weighted by atomic mass is 14.6. The summed E-state index contributed by atoms with van der Waals surface area (Å²) in [7, 11) is 0. The van der Waals surface area contributed by atoms with Crippen molar-refractivity contribution in [3.63, 3.8) is 0 Å². The van der Waals surface area contributed by atoms with E-state index in [0.717, 1.165) is 6.54 Å². The summed E-state index contributed by atoms with van der Waals surface area (Å²) in [6, 6.07) is 0. The molecular formula is C7H16N. The van der Waals surface area contributed by atoms with Crippen LogP contribution in [0.5, 0.6) is 0 Å². The van der Waals surface area contributed by atoms with Crippen LogP contribution in [-0.4, -0.2) is 6.54 Å². The molecule has 0 unspecified atom stereocenters. The van der Waals surface area contributed by atoms with Gasteiger partial charge in [-0.15, -0.1) is 0 Å². The number of nitrogens with two attached hydrogens (primary N) is 1. The Morgan fingerprint density at radius 2 is 1.75 bits per heavy atom. The number of hydrogen-bond donors (Lipinski definition) is 1. The normalized spacial score (nSPS) is 12.8. The fraction of sp³-hybridized carbons (Fsp3) is 0.857. The molecule has 0 fully saturated rings. The standard InChI is InChI=1S/C7H16N/c1-6(2)7(3,4)5-8/h5,8H2,1-4H3. The minimum Gasteiger partial charge on any atom is -0.330 e. The van der Waals surface area contributed by atoms with Gasteiger partial charge in [0, 0.05) is 0 Å². The van der Waals surface area contributed by atoms with Crippen LogP contribution in [0, 0.1) is 11.3 Å². The molecule has 0 atom stereocenters. The molecule has 0 aliphatic carbocycles. The van der Waals surface area contributed by atoms with Crippen LogP contribution in [0.4, 0.5) is 0 Å². The van der Waals surface area contributed by atoms with Crippen molar-refractivity contribution in [3.05, 3.63) is 5.92 Å². The molecule has 0 aromatic heterocycles. The maximum Gasteiger partial charge on any atom is -0.00205 e. The molecule has 0 aromatic carbocycles. The van der Waals surface area contributed by atoms with E-state index in [1.54, 1.807) is 0 Å². The molecule has 0 aliphatic rings. The van der Waals surface area contributed by atoms with E-state index in [9.17, 15) is 0 Å². The molecule has 1 radical (unpaired) electrons. The molecule has 0 rings (SSSR count). The predicted octanol–water partition coefficient (Wildman–Crippen LogP) is 1.59. The minimum absolute atomic E-state index is 0.236. The summed E-state index contributed by atoms with van der Waals surface area (Å²) in [6.07, 6.45) is 0. The van der Waals surface area contributed by atoms with Gasteiger partial charge in [0.15, 0.2) is 0 Å². The van der Waals surface area contributed by atoms with Gasteiger partial charge in [-0.1, -0.05) is 27.7 Å². The first-order chi connectivity index (χ1) is 3.50. The van der Waals surface area contributed by atoms with Crippen LogP contribution in [0.3, 0.4) is 0 Å². The van der Waals surface area contributed by atoms with Crippen molar-refractivity contribution in [2.45, 2.75) is 27.7 Å². The molecule has 0 heterocycles. The first-order valence-corrected chi connectivity index (χ1v) is 3.01. The fourth-order valence-electron chi connectivity index (χ4n) is 0.204. The minimum atomic E-state index is 0.236. The summed E-state index contributed by atoms with van der Waals surface area (Å²) in [5.74, 6) is 1.40. The highest BCUT2D eigenvalue weighted by Crippen LogP contribution is 2.25. The van der Waals surface area contributed by atoms with E-state index in [0.29, 0.717) is 0 Å². The smallest absolute Gasteiger partial charge is 0.00205 e. The molecule has 1 nitrogen and oxygen atoms in total. The topological polar surface area (TPSA) is 26.0 Å². The average Bonchev–Trinajstić information content (AvgIpc) is 1.67. The Balaban J connectivity index is 3.71.